The molecule has 0 radical (unpaired) electrons. The van der Waals surface area contributed by atoms with Crippen LogP contribution in [0.4, 0.5) is 0 Å². The predicted octanol–water partition coefficient (Wildman–Crippen LogP) is 6.67. The summed E-state index contributed by atoms with van der Waals surface area (Å²) in [6, 6.07) is 20.1. The molecule has 4 atom stereocenters. The second-order valence-electron chi connectivity index (χ2n) is 8.50. The van der Waals surface area contributed by atoms with Gasteiger partial charge in [-0.2, -0.15) is 0 Å². The molecule has 2 aromatic carbocycles. The standard InChI is InChI=1S/C23H27N3OS/c24-26-25-21(19-9-3-1-4-10-19)16-22(27)14-18-8-7-13-23(15-18,17-22)28-20-11-5-2-6-12-20/h1-6,9-12,18,21,27H,7-8,13-17H2/t18?,21?,22-,23-/m1/s1. The fourth-order valence-electron chi connectivity index (χ4n) is 5.33. The van der Waals surface area contributed by atoms with Crippen molar-refractivity contribution >= 4 is 11.8 Å². The lowest BCUT2D eigenvalue weighted by atomic mass is 9.64. The van der Waals surface area contributed by atoms with E-state index in [1.807, 2.05) is 48.2 Å². The zero-order chi connectivity index (χ0) is 19.5. The molecule has 0 heterocycles. The Balaban J connectivity index is 1.58. The molecule has 4 nitrogen and oxygen atoms in total. The fraction of sp³-hybridized carbons (Fsp3) is 0.478. The zero-order valence-corrected chi connectivity index (χ0v) is 16.9. The molecule has 2 saturated carbocycles. The van der Waals surface area contributed by atoms with Gasteiger partial charge < -0.3 is 5.11 Å². The van der Waals surface area contributed by atoms with E-state index >= 15 is 0 Å². The molecule has 5 heteroatoms. The maximum atomic E-state index is 11.7. The van der Waals surface area contributed by atoms with Gasteiger partial charge in [0.1, 0.15) is 0 Å². The monoisotopic (exact) mass is 393 g/mol. The van der Waals surface area contributed by atoms with Gasteiger partial charge in [0.15, 0.2) is 0 Å². The Bertz CT molecular complexity index is 839. The molecule has 0 aliphatic heterocycles. The summed E-state index contributed by atoms with van der Waals surface area (Å²) in [5.41, 5.74) is 9.28. The number of thioether (sulfide) groups is 1. The minimum Gasteiger partial charge on any atom is -0.390 e. The van der Waals surface area contributed by atoms with Crippen LogP contribution in [0.2, 0.25) is 0 Å². The van der Waals surface area contributed by atoms with E-state index in [2.05, 4.69) is 34.3 Å². The minimum absolute atomic E-state index is 0.0782. The lowest BCUT2D eigenvalue weighted by Gasteiger charge is -2.52. The summed E-state index contributed by atoms with van der Waals surface area (Å²) in [5.74, 6) is 0.547. The SMILES string of the molecule is [N-]=[N+]=NC(C[C@]1(O)CC2CCC[C@@](Sc3ccccc3)(C2)C1)c1ccccc1. The molecule has 4 rings (SSSR count). The van der Waals surface area contributed by atoms with E-state index in [-0.39, 0.29) is 10.8 Å². The summed E-state index contributed by atoms with van der Waals surface area (Å²) in [5, 5.41) is 15.7. The Labute approximate surface area is 171 Å². The summed E-state index contributed by atoms with van der Waals surface area (Å²) in [7, 11) is 0. The van der Waals surface area contributed by atoms with Crippen molar-refractivity contribution in [1.29, 1.82) is 0 Å². The average Bonchev–Trinajstić information content (AvgIpc) is 2.68. The summed E-state index contributed by atoms with van der Waals surface area (Å²) in [6.45, 7) is 0. The second-order valence-corrected chi connectivity index (χ2v) is 10.0. The molecular formula is C23H27N3OS. The van der Waals surface area contributed by atoms with Crippen LogP contribution in [0.25, 0.3) is 10.4 Å². The van der Waals surface area contributed by atoms with Crippen molar-refractivity contribution in [2.45, 2.75) is 66.2 Å². The van der Waals surface area contributed by atoms with Gasteiger partial charge >= 0.3 is 0 Å². The maximum Gasteiger partial charge on any atom is 0.0671 e. The Hall–Kier alpha value is -1.94. The predicted molar refractivity (Wildman–Crippen MR) is 114 cm³/mol. The normalized spacial score (nSPS) is 30.2. The van der Waals surface area contributed by atoms with Crippen LogP contribution in [0.3, 0.4) is 0 Å². The summed E-state index contributed by atoms with van der Waals surface area (Å²) >= 11 is 1.94. The number of rotatable bonds is 6. The smallest absolute Gasteiger partial charge is 0.0671 e. The van der Waals surface area contributed by atoms with E-state index in [9.17, 15) is 5.11 Å². The van der Waals surface area contributed by atoms with Crippen LogP contribution in [0.1, 0.15) is 56.6 Å². The van der Waals surface area contributed by atoms with Crippen LogP contribution in [0.5, 0.6) is 0 Å². The van der Waals surface area contributed by atoms with Gasteiger partial charge in [-0.1, -0.05) is 66.5 Å². The molecule has 1 N–H and O–H groups in total. The van der Waals surface area contributed by atoms with E-state index in [4.69, 9.17) is 5.53 Å². The zero-order valence-electron chi connectivity index (χ0n) is 16.1. The first-order valence-electron chi connectivity index (χ1n) is 10.2. The fourth-order valence-corrected chi connectivity index (χ4v) is 7.03. The number of benzene rings is 2. The highest BCUT2D eigenvalue weighted by Crippen LogP contribution is 2.57. The topological polar surface area (TPSA) is 69.0 Å². The number of hydrogen-bond acceptors (Lipinski definition) is 3. The average molecular weight is 394 g/mol. The summed E-state index contributed by atoms with van der Waals surface area (Å²) in [6.07, 6.45) is 6.81. The van der Waals surface area contributed by atoms with E-state index in [1.54, 1.807) is 0 Å². The molecular weight excluding hydrogens is 366 g/mol. The van der Waals surface area contributed by atoms with Gasteiger partial charge in [-0.3, -0.25) is 0 Å². The Morgan fingerprint density at radius 3 is 2.54 bits per heavy atom. The molecule has 0 aromatic heterocycles. The highest BCUT2D eigenvalue weighted by molar-refractivity contribution is 8.00. The van der Waals surface area contributed by atoms with Gasteiger partial charge in [0.2, 0.25) is 0 Å². The molecule has 0 spiro atoms. The third kappa shape index (κ3) is 4.38. The maximum absolute atomic E-state index is 11.7. The Kier molecular flexibility index (Phi) is 5.68. The van der Waals surface area contributed by atoms with E-state index in [0.29, 0.717) is 12.3 Å². The van der Waals surface area contributed by atoms with Crippen LogP contribution in [0.15, 0.2) is 70.7 Å². The van der Waals surface area contributed by atoms with Crippen molar-refractivity contribution in [1.82, 2.24) is 0 Å². The second kappa shape index (κ2) is 8.20. The third-order valence-corrected chi connectivity index (χ3v) is 7.71. The molecule has 2 aliphatic rings. The Morgan fingerprint density at radius 1 is 1.11 bits per heavy atom. The molecule has 2 fully saturated rings. The first-order chi connectivity index (χ1) is 13.6. The number of aliphatic hydroxyl groups is 1. The van der Waals surface area contributed by atoms with Crippen LogP contribution >= 0.6 is 11.8 Å². The summed E-state index contributed by atoms with van der Waals surface area (Å²) in [4.78, 5) is 4.35. The van der Waals surface area contributed by atoms with Crippen molar-refractivity contribution in [3.05, 3.63) is 76.7 Å². The van der Waals surface area contributed by atoms with E-state index < -0.39 is 5.60 Å². The van der Waals surface area contributed by atoms with Crippen molar-refractivity contribution in [2.24, 2.45) is 11.0 Å². The van der Waals surface area contributed by atoms with Gasteiger partial charge in [-0.05, 0) is 61.2 Å². The van der Waals surface area contributed by atoms with Gasteiger partial charge in [-0.25, -0.2) is 0 Å². The largest absolute Gasteiger partial charge is 0.390 e. The third-order valence-electron chi connectivity index (χ3n) is 6.25. The van der Waals surface area contributed by atoms with Crippen LogP contribution in [0, 0.1) is 5.92 Å². The summed E-state index contributed by atoms with van der Waals surface area (Å²) < 4.78 is 0.0782. The number of hydrogen-bond donors (Lipinski definition) is 1. The molecule has 2 unspecified atom stereocenters. The van der Waals surface area contributed by atoms with Crippen LogP contribution in [-0.2, 0) is 0 Å². The highest BCUT2D eigenvalue weighted by Gasteiger charge is 2.50. The van der Waals surface area contributed by atoms with Gasteiger partial charge in [0, 0.05) is 14.6 Å². The molecule has 0 amide bonds. The van der Waals surface area contributed by atoms with Crippen molar-refractivity contribution in [3.8, 4) is 0 Å². The lowest BCUT2D eigenvalue weighted by Crippen LogP contribution is -2.49. The van der Waals surface area contributed by atoms with Crippen molar-refractivity contribution in [2.75, 3.05) is 0 Å². The molecule has 0 saturated heterocycles. The van der Waals surface area contributed by atoms with Gasteiger partial charge in [0.25, 0.3) is 0 Å². The molecule has 2 aromatic rings. The molecule has 2 bridgehead atoms. The first kappa shape index (κ1) is 19.4. The minimum atomic E-state index is -0.792. The van der Waals surface area contributed by atoms with Gasteiger partial charge in [0.05, 0.1) is 11.6 Å². The lowest BCUT2D eigenvalue weighted by molar-refractivity contribution is -0.0523. The Morgan fingerprint density at radius 2 is 1.82 bits per heavy atom. The van der Waals surface area contributed by atoms with Crippen LogP contribution in [-0.4, -0.2) is 15.5 Å². The molecule has 28 heavy (non-hydrogen) atoms. The van der Waals surface area contributed by atoms with E-state index in [1.165, 1.54) is 24.2 Å². The number of fused-ring (bicyclic) bond motifs is 2. The van der Waals surface area contributed by atoms with Crippen molar-refractivity contribution in [3.63, 3.8) is 0 Å². The first-order valence-corrected chi connectivity index (χ1v) is 11.0. The highest BCUT2D eigenvalue weighted by atomic mass is 32.2. The van der Waals surface area contributed by atoms with Crippen molar-refractivity contribution < 1.29 is 5.11 Å². The number of nitrogens with zero attached hydrogens (tertiary/aromatic N) is 3. The molecule has 146 valence electrons. The van der Waals surface area contributed by atoms with E-state index in [0.717, 1.165) is 24.8 Å². The number of azide groups is 1. The van der Waals surface area contributed by atoms with Gasteiger partial charge in [-0.15, -0.1) is 11.8 Å². The quantitative estimate of drug-likeness (QED) is 0.338. The van der Waals surface area contributed by atoms with Crippen LogP contribution < -0.4 is 0 Å². The molecule has 2 aliphatic carbocycles.